The number of aromatic amines is 1. The predicted octanol–water partition coefficient (Wildman–Crippen LogP) is 0.196. The average molecular weight is 196 g/mol. The van der Waals surface area contributed by atoms with Crippen molar-refractivity contribution in [3.63, 3.8) is 0 Å². The molecule has 1 unspecified atom stereocenters. The topological polar surface area (TPSA) is 69.8 Å². The lowest BCUT2D eigenvalue weighted by Crippen LogP contribution is -2.26. The van der Waals surface area contributed by atoms with E-state index in [-0.39, 0.29) is 11.9 Å². The third-order valence-corrected chi connectivity index (χ3v) is 2.07. The minimum atomic E-state index is 0.0503. The molecule has 0 saturated heterocycles. The average Bonchev–Trinajstić information content (AvgIpc) is 2.70. The van der Waals surface area contributed by atoms with Crippen LogP contribution in [0.3, 0.4) is 0 Å². The Balaban J connectivity index is 2.22. The van der Waals surface area contributed by atoms with E-state index in [2.05, 4.69) is 20.8 Å². The first-order valence-electron chi connectivity index (χ1n) is 4.67. The Hall–Kier alpha value is -1.36. The van der Waals surface area contributed by atoms with E-state index in [0.717, 1.165) is 5.69 Å². The van der Waals surface area contributed by atoms with Crippen LogP contribution in [0.25, 0.3) is 0 Å². The maximum Gasteiger partial charge on any atom is 0.221 e. The fourth-order valence-electron chi connectivity index (χ4n) is 1.14. The summed E-state index contributed by atoms with van der Waals surface area (Å²) in [5.41, 5.74) is 1.03. The number of carbonyl (C=O) groups excluding carboxylic acids is 1. The lowest BCUT2D eigenvalue weighted by Gasteiger charge is -2.10. The monoisotopic (exact) mass is 196 g/mol. The van der Waals surface area contributed by atoms with E-state index < -0.39 is 0 Å². The molecule has 78 valence electrons. The van der Waals surface area contributed by atoms with Gasteiger partial charge in [0.05, 0.1) is 5.69 Å². The van der Waals surface area contributed by atoms with Crippen molar-refractivity contribution < 1.29 is 4.79 Å². The Kier molecular flexibility index (Phi) is 4.12. The highest BCUT2D eigenvalue weighted by molar-refractivity contribution is 5.75. The molecule has 5 heteroatoms. The zero-order valence-electron chi connectivity index (χ0n) is 8.50. The first kappa shape index (κ1) is 10.7. The number of amides is 1. The third kappa shape index (κ3) is 3.18. The predicted molar refractivity (Wildman–Crippen MR) is 53.7 cm³/mol. The summed E-state index contributed by atoms with van der Waals surface area (Å²) in [6.45, 7) is 2.69. The van der Waals surface area contributed by atoms with Crippen LogP contribution in [0, 0.1) is 0 Å². The first-order chi connectivity index (χ1) is 6.74. The molecule has 0 fully saturated rings. The van der Waals surface area contributed by atoms with Crippen LogP contribution in [0.5, 0.6) is 0 Å². The number of hydrogen-bond donors (Lipinski definition) is 3. The van der Waals surface area contributed by atoms with E-state index in [4.69, 9.17) is 0 Å². The summed E-state index contributed by atoms with van der Waals surface area (Å²) < 4.78 is 0. The summed E-state index contributed by atoms with van der Waals surface area (Å²) in [4.78, 5) is 10.9. The van der Waals surface area contributed by atoms with Gasteiger partial charge < -0.3 is 10.6 Å². The number of aromatic nitrogens is 2. The summed E-state index contributed by atoms with van der Waals surface area (Å²) in [7, 11) is 1.64. The SMILES string of the molecule is CNC(=O)CCNC(C)c1ccn[nH]1. The Morgan fingerprint density at radius 1 is 1.71 bits per heavy atom. The Morgan fingerprint density at radius 2 is 2.50 bits per heavy atom. The van der Waals surface area contributed by atoms with E-state index in [1.165, 1.54) is 0 Å². The lowest BCUT2D eigenvalue weighted by atomic mass is 10.2. The molecular weight excluding hydrogens is 180 g/mol. The van der Waals surface area contributed by atoms with Crippen LogP contribution in [0.2, 0.25) is 0 Å². The standard InChI is InChI=1S/C9H16N4O/c1-7(8-3-6-12-13-8)11-5-4-9(14)10-2/h3,6-7,11H,4-5H2,1-2H3,(H,10,14)(H,12,13). The Bertz CT molecular complexity index is 270. The molecule has 1 amide bonds. The molecule has 0 aliphatic carbocycles. The molecule has 0 radical (unpaired) electrons. The molecular formula is C9H16N4O. The van der Waals surface area contributed by atoms with Gasteiger partial charge >= 0.3 is 0 Å². The molecule has 0 spiro atoms. The van der Waals surface area contributed by atoms with Gasteiger partial charge in [0, 0.05) is 32.3 Å². The van der Waals surface area contributed by atoms with Crippen molar-refractivity contribution in [3.8, 4) is 0 Å². The second kappa shape index (κ2) is 5.39. The molecule has 1 aromatic heterocycles. The molecule has 3 N–H and O–H groups in total. The third-order valence-electron chi connectivity index (χ3n) is 2.07. The largest absolute Gasteiger partial charge is 0.359 e. The highest BCUT2D eigenvalue weighted by atomic mass is 16.1. The van der Waals surface area contributed by atoms with Crippen molar-refractivity contribution in [2.45, 2.75) is 19.4 Å². The van der Waals surface area contributed by atoms with Crippen LogP contribution in [0.4, 0.5) is 0 Å². The van der Waals surface area contributed by atoms with Crippen molar-refractivity contribution in [2.24, 2.45) is 0 Å². The van der Waals surface area contributed by atoms with Crippen molar-refractivity contribution in [2.75, 3.05) is 13.6 Å². The fraction of sp³-hybridized carbons (Fsp3) is 0.556. The van der Waals surface area contributed by atoms with Crippen molar-refractivity contribution in [1.29, 1.82) is 0 Å². The van der Waals surface area contributed by atoms with Gasteiger partial charge in [-0.2, -0.15) is 5.10 Å². The van der Waals surface area contributed by atoms with Crippen LogP contribution in [0.1, 0.15) is 25.1 Å². The van der Waals surface area contributed by atoms with Gasteiger partial charge in [0.25, 0.3) is 0 Å². The molecule has 0 aliphatic rings. The van der Waals surface area contributed by atoms with E-state index in [1.54, 1.807) is 13.2 Å². The maximum atomic E-state index is 10.9. The number of H-pyrrole nitrogens is 1. The van der Waals surface area contributed by atoms with E-state index in [1.807, 2.05) is 13.0 Å². The van der Waals surface area contributed by atoms with Gasteiger partial charge in [-0.15, -0.1) is 0 Å². The quantitative estimate of drug-likeness (QED) is 0.630. The van der Waals surface area contributed by atoms with Gasteiger partial charge in [-0.3, -0.25) is 9.89 Å². The molecule has 1 aromatic rings. The summed E-state index contributed by atoms with van der Waals surface area (Å²) in [6, 6.07) is 2.11. The first-order valence-corrected chi connectivity index (χ1v) is 4.67. The van der Waals surface area contributed by atoms with Crippen molar-refractivity contribution >= 4 is 5.91 Å². The van der Waals surface area contributed by atoms with Crippen LogP contribution in [-0.4, -0.2) is 29.7 Å². The normalized spacial score (nSPS) is 12.4. The summed E-state index contributed by atoms with van der Waals surface area (Å²) >= 11 is 0. The van der Waals surface area contributed by atoms with Crippen molar-refractivity contribution in [1.82, 2.24) is 20.8 Å². The molecule has 1 rings (SSSR count). The Morgan fingerprint density at radius 3 is 3.07 bits per heavy atom. The van der Waals surface area contributed by atoms with E-state index >= 15 is 0 Å². The van der Waals surface area contributed by atoms with Gasteiger partial charge in [-0.05, 0) is 13.0 Å². The molecule has 0 aliphatic heterocycles. The van der Waals surface area contributed by atoms with Crippen molar-refractivity contribution in [3.05, 3.63) is 18.0 Å². The van der Waals surface area contributed by atoms with E-state index in [9.17, 15) is 4.79 Å². The number of nitrogens with one attached hydrogen (secondary N) is 3. The second-order valence-electron chi connectivity index (χ2n) is 3.11. The van der Waals surface area contributed by atoms with E-state index in [0.29, 0.717) is 13.0 Å². The summed E-state index contributed by atoms with van der Waals surface area (Å²) in [5, 5.41) is 12.5. The van der Waals surface area contributed by atoms with Crippen LogP contribution in [0.15, 0.2) is 12.3 Å². The zero-order valence-corrected chi connectivity index (χ0v) is 8.50. The molecule has 0 aromatic carbocycles. The number of carbonyl (C=O) groups is 1. The van der Waals surface area contributed by atoms with Gasteiger partial charge in [0.2, 0.25) is 5.91 Å². The molecule has 1 heterocycles. The van der Waals surface area contributed by atoms with Crippen LogP contribution >= 0.6 is 0 Å². The van der Waals surface area contributed by atoms with Gasteiger partial charge in [0.1, 0.15) is 0 Å². The van der Waals surface area contributed by atoms with Gasteiger partial charge in [-0.25, -0.2) is 0 Å². The van der Waals surface area contributed by atoms with Gasteiger partial charge in [0.15, 0.2) is 0 Å². The summed E-state index contributed by atoms with van der Waals surface area (Å²) in [5.74, 6) is 0.0503. The second-order valence-corrected chi connectivity index (χ2v) is 3.11. The molecule has 0 saturated carbocycles. The summed E-state index contributed by atoms with van der Waals surface area (Å²) in [6.07, 6.45) is 2.21. The number of nitrogens with zero attached hydrogens (tertiary/aromatic N) is 1. The molecule has 0 bridgehead atoms. The lowest BCUT2D eigenvalue weighted by molar-refractivity contribution is -0.120. The number of rotatable bonds is 5. The molecule has 1 atom stereocenters. The number of hydrogen-bond acceptors (Lipinski definition) is 3. The molecule has 5 nitrogen and oxygen atoms in total. The Labute approximate surface area is 83.3 Å². The maximum absolute atomic E-state index is 10.9. The van der Waals surface area contributed by atoms with Gasteiger partial charge in [-0.1, -0.05) is 0 Å². The molecule has 14 heavy (non-hydrogen) atoms. The van der Waals surface area contributed by atoms with Crippen LogP contribution < -0.4 is 10.6 Å². The zero-order chi connectivity index (χ0) is 10.4. The highest BCUT2D eigenvalue weighted by Gasteiger charge is 2.05. The highest BCUT2D eigenvalue weighted by Crippen LogP contribution is 2.06. The minimum absolute atomic E-state index is 0.0503. The fourth-order valence-corrected chi connectivity index (χ4v) is 1.14. The minimum Gasteiger partial charge on any atom is -0.359 e. The smallest absolute Gasteiger partial charge is 0.221 e. The van der Waals surface area contributed by atoms with Crippen LogP contribution in [-0.2, 0) is 4.79 Å².